The molecule has 1 aliphatic carbocycles. The maximum Gasteiger partial charge on any atom is 0.0951 e. The zero-order valence-corrected chi connectivity index (χ0v) is 11.9. The zero-order chi connectivity index (χ0) is 13.8. The van der Waals surface area contributed by atoms with Gasteiger partial charge in [0.05, 0.1) is 18.6 Å². The molecule has 1 N–H and O–H groups in total. The molecule has 1 aromatic carbocycles. The monoisotopic (exact) mass is 271 g/mol. The summed E-state index contributed by atoms with van der Waals surface area (Å²) in [6.45, 7) is 2.40. The van der Waals surface area contributed by atoms with Crippen LogP contribution in [0, 0.1) is 0 Å². The van der Waals surface area contributed by atoms with Crippen molar-refractivity contribution in [3.63, 3.8) is 0 Å². The van der Waals surface area contributed by atoms with Crippen LogP contribution in [-0.2, 0) is 24.4 Å². The fraction of sp³-hybridized carbons (Fsp3) is 0.438. The van der Waals surface area contributed by atoms with Crippen LogP contribution in [0.2, 0.25) is 0 Å². The van der Waals surface area contributed by atoms with E-state index in [-0.39, 0.29) is 0 Å². The first-order valence-electron chi connectivity index (χ1n) is 7.15. The molecule has 1 aromatic heterocycles. The topological polar surface area (TPSA) is 39.1 Å². The molecule has 0 bridgehead atoms. The summed E-state index contributed by atoms with van der Waals surface area (Å²) in [4.78, 5) is 4.25. The molecule has 0 saturated heterocycles. The maximum atomic E-state index is 5.16. The Morgan fingerprint density at radius 1 is 1.30 bits per heavy atom. The molecule has 0 amide bonds. The molecule has 0 atom stereocenters. The molecule has 20 heavy (non-hydrogen) atoms. The van der Waals surface area contributed by atoms with Gasteiger partial charge in [-0.1, -0.05) is 24.3 Å². The second kappa shape index (κ2) is 6.20. The molecule has 4 nitrogen and oxygen atoms in total. The average molecular weight is 271 g/mol. The van der Waals surface area contributed by atoms with Gasteiger partial charge >= 0.3 is 0 Å². The third-order valence-electron chi connectivity index (χ3n) is 3.62. The number of benzene rings is 1. The van der Waals surface area contributed by atoms with Crippen LogP contribution in [0.4, 0.5) is 0 Å². The lowest BCUT2D eigenvalue weighted by atomic mass is 10.1. The highest BCUT2D eigenvalue weighted by Crippen LogP contribution is 2.35. The van der Waals surface area contributed by atoms with Crippen LogP contribution in [0.15, 0.2) is 36.8 Å². The highest BCUT2D eigenvalue weighted by molar-refractivity contribution is 5.23. The van der Waals surface area contributed by atoms with Crippen LogP contribution in [0.5, 0.6) is 0 Å². The molecule has 0 spiro atoms. The Kier molecular flexibility index (Phi) is 4.14. The van der Waals surface area contributed by atoms with Crippen LogP contribution >= 0.6 is 0 Å². The fourth-order valence-corrected chi connectivity index (χ4v) is 2.48. The molecule has 0 aliphatic heterocycles. The molecule has 1 saturated carbocycles. The van der Waals surface area contributed by atoms with Crippen molar-refractivity contribution in [3.05, 3.63) is 53.6 Å². The molecule has 3 rings (SSSR count). The normalized spacial score (nSPS) is 14.7. The van der Waals surface area contributed by atoms with Gasteiger partial charge in [0.2, 0.25) is 0 Å². The maximum absolute atomic E-state index is 5.16. The van der Waals surface area contributed by atoms with E-state index >= 15 is 0 Å². The van der Waals surface area contributed by atoms with Crippen LogP contribution in [0.3, 0.4) is 0 Å². The molecular formula is C16H21N3O. The Bertz CT molecular complexity index is 560. The van der Waals surface area contributed by atoms with Crippen molar-refractivity contribution in [1.29, 1.82) is 0 Å². The number of nitrogens with one attached hydrogen (secondary N) is 1. The van der Waals surface area contributed by atoms with E-state index in [1.54, 1.807) is 7.11 Å². The summed E-state index contributed by atoms with van der Waals surface area (Å²) in [5, 5.41) is 3.49. The van der Waals surface area contributed by atoms with Crippen molar-refractivity contribution in [2.45, 2.75) is 38.6 Å². The van der Waals surface area contributed by atoms with E-state index in [1.165, 1.54) is 29.7 Å². The van der Waals surface area contributed by atoms with Crippen molar-refractivity contribution in [2.24, 2.45) is 0 Å². The lowest BCUT2D eigenvalue weighted by Crippen LogP contribution is -2.15. The lowest BCUT2D eigenvalue weighted by molar-refractivity contribution is 0.185. The Morgan fingerprint density at radius 3 is 2.95 bits per heavy atom. The molecule has 1 fully saturated rings. The summed E-state index contributed by atoms with van der Waals surface area (Å²) in [5.41, 5.74) is 3.78. The van der Waals surface area contributed by atoms with E-state index in [1.807, 2.05) is 12.5 Å². The minimum absolute atomic E-state index is 0.669. The smallest absolute Gasteiger partial charge is 0.0951 e. The summed E-state index contributed by atoms with van der Waals surface area (Å²) in [6.07, 6.45) is 6.51. The quantitative estimate of drug-likeness (QED) is 0.841. The van der Waals surface area contributed by atoms with Crippen molar-refractivity contribution in [2.75, 3.05) is 7.11 Å². The Morgan fingerprint density at radius 2 is 2.15 bits per heavy atom. The van der Waals surface area contributed by atoms with Gasteiger partial charge in [-0.15, -0.1) is 0 Å². The van der Waals surface area contributed by atoms with Gasteiger partial charge in [0.25, 0.3) is 0 Å². The molecular weight excluding hydrogens is 250 g/mol. The summed E-state index contributed by atoms with van der Waals surface area (Å²) in [5.74, 6) is 0. The number of hydrogen-bond donors (Lipinski definition) is 1. The summed E-state index contributed by atoms with van der Waals surface area (Å²) in [6, 6.07) is 9.20. The van der Waals surface area contributed by atoms with Gasteiger partial charge in [0.1, 0.15) is 0 Å². The van der Waals surface area contributed by atoms with Crippen molar-refractivity contribution in [1.82, 2.24) is 14.9 Å². The van der Waals surface area contributed by atoms with Gasteiger partial charge in [-0.25, -0.2) is 4.98 Å². The van der Waals surface area contributed by atoms with Gasteiger partial charge < -0.3 is 14.6 Å². The number of ether oxygens (including phenoxy) is 1. The SMILES string of the molecule is COCc1cccc(CNCc2cncn2C2CC2)c1. The van der Waals surface area contributed by atoms with Crippen molar-refractivity contribution in [3.8, 4) is 0 Å². The largest absolute Gasteiger partial charge is 0.380 e. The van der Waals surface area contributed by atoms with E-state index in [4.69, 9.17) is 4.74 Å². The number of methoxy groups -OCH3 is 1. The third-order valence-corrected chi connectivity index (χ3v) is 3.62. The number of rotatable bonds is 7. The molecule has 4 heteroatoms. The van der Waals surface area contributed by atoms with Crippen LogP contribution in [0.1, 0.15) is 35.7 Å². The van der Waals surface area contributed by atoms with E-state index in [0.29, 0.717) is 12.6 Å². The van der Waals surface area contributed by atoms with Crippen LogP contribution < -0.4 is 5.32 Å². The molecule has 1 aliphatic rings. The highest BCUT2D eigenvalue weighted by atomic mass is 16.5. The third kappa shape index (κ3) is 3.26. The number of nitrogens with zero attached hydrogens (tertiary/aromatic N) is 2. The molecule has 0 radical (unpaired) electrons. The van der Waals surface area contributed by atoms with E-state index in [9.17, 15) is 0 Å². The van der Waals surface area contributed by atoms with Crippen molar-refractivity contribution < 1.29 is 4.74 Å². The van der Waals surface area contributed by atoms with E-state index < -0.39 is 0 Å². The Labute approximate surface area is 119 Å². The number of aromatic nitrogens is 2. The first-order valence-corrected chi connectivity index (χ1v) is 7.15. The summed E-state index contributed by atoms with van der Waals surface area (Å²) in [7, 11) is 1.73. The Hall–Kier alpha value is -1.65. The van der Waals surface area contributed by atoms with Gasteiger partial charge in [-0.3, -0.25) is 0 Å². The van der Waals surface area contributed by atoms with Crippen molar-refractivity contribution >= 4 is 0 Å². The minimum atomic E-state index is 0.669. The second-order valence-corrected chi connectivity index (χ2v) is 5.38. The van der Waals surface area contributed by atoms with Gasteiger partial charge in [0, 0.05) is 32.4 Å². The first-order chi connectivity index (χ1) is 9.86. The van der Waals surface area contributed by atoms with Gasteiger partial charge in [-0.05, 0) is 24.0 Å². The molecule has 0 unspecified atom stereocenters. The highest BCUT2D eigenvalue weighted by Gasteiger charge is 2.24. The summed E-state index contributed by atoms with van der Waals surface area (Å²) < 4.78 is 7.46. The molecule has 106 valence electrons. The van der Waals surface area contributed by atoms with E-state index in [0.717, 1.165) is 13.1 Å². The first kappa shape index (κ1) is 13.3. The molecule has 1 heterocycles. The molecule has 2 aromatic rings. The number of hydrogen-bond acceptors (Lipinski definition) is 3. The minimum Gasteiger partial charge on any atom is -0.380 e. The second-order valence-electron chi connectivity index (χ2n) is 5.38. The van der Waals surface area contributed by atoms with E-state index in [2.05, 4.69) is 39.1 Å². The Balaban J connectivity index is 1.54. The summed E-state index contributed by atoms with van der Waals surface area (Å²) >= 11 is 0. The average Bonchev–Trinajstić information content (AvgIpc) is 3.20. The van der Waals surface area contributed by atoms with Crippen LogP contribution in [-0.4, -0.2) is 16.7 Å². The predicted octanol–water partition coefficient (Wildman–Crippen LogP) is 2.65. The van der Waals surface area contributed by atoms with Crippen LogP contribution in [0.25, 0.3) is 0 Å². The predicted molar refractivity (Wildman–Crippen MR) is 78.2 cm³/mol. The van der Waals surface area contributed by atoms with Gasteiger partial charge in [0.15, 0.2) is 0 Å². The lowest BCUT2D eigenvalue weighted by Gasteiger charge is -2.09. The fourth-order valence-electron chi connectivity index (χ4n) is 2.48. The zero-order valence-electron chi connectivity index (χ0n) is 11.9. The standard InChI is InChI=1S/C16H21N3O/c1-20-11-14-4-2-3-13(7-14)8-17-9-16-10-18-12-19(16)15-5-6-15/h2-4,7,10,12,15,17H,5-6,8-9,11H2,1H3. The number of imidazole rings is 1. The van der Waals surface area contributed by atoms with Gasteiger partial charge in [-0.2, -0.15) is 0 Å².